The molecule has 8 atom stereocenters. The first-order valence-electron chi connectivity index (χ1n) is 13.0. The number of ketones is 1. The average Bonchev–Trinajstić information content (AvgIpc) is 3.22. The summed E-state index contributed by atoms with van der Waals surface area (Å²) in [6, 6.07) is 10.1. The number of hydrogen-bond acceptors (Lipinski definition) is 4. The molecule has 1 aromatic carbocycles. The van der Waals surface area contributed by atoms with Crippen LogP contribution in [0, 0.1) is 35.0 Å². The number of Topliss-reactive ketones (excluding diaryl/α,β-unsaturated/α-hetero) is 1. The van der Waals surface area contributed by atoms with Crippen LogP contribution in [-0.4, -0.2) is 24.0 Å². The molecule has 0 amide bonds. The first-order chi connectivity index (χ1) is 16.6. The van der Waals surface area contributed by atoms with Crippen LogP contribution in [-0.2, 0) is 24.7 Å². The summed E-state index contributed by atoms with van der Waals surface area (Å²) < 4.78 is 12.5. The first kappa shape index (κ1) is 24.2. The van der Waals surface area contributed by atoms with Gasteiger partial charge in [0.05, 0.1) is 11.3 Å². The maximum atomic E-state index is 14.5. The number of carbonyl (C=O) groups is 2. The summed E-state index contributed by atoms with van der Waals surface area (Å²) in [6.45, 7) is 14.7. The zero-order valence-electron chi connectivity index (χ0n) is 21.7. The predicted octanol–water partition coefficient (Wildman–Crippen LogP) is 6.18. The van der Waals surface area contributed by atoms with Crippen molar-refractivity contribution in [2.75, 3.05) is 6.61 Å². The highest BCUT2D eigenvalue weighted by Crippen LogP contribution is 2.73. The minimum atomic E-state index is -1.64. The standard InChI is InChI=1S/C31H38O4/c1-7-29(6)18-34-28(33)31(29)27(32)26-24-23(20(4)13-11-12-19(2)3)17-16-21(5)25(24)30(26,35-31)22-14-9-8-10-15-22/h7-10,12,14-16,20,23-26H,1,11,13,17-18H2,2-6H3/t20-,23-,24+,25-,26-,29-,30-,31-/m0/s1. The van der Waals surface area contributed by atoms with Gasteiger partial charge >= 0.3 is 5.97 Å². The fourth-order valence-corrected chi connectivity index (χ4v) is 7.57. The number of cyclic esters (lactones) is 1. The van der Waals surface area contributed by atoms with Gasteiger partial charge in [0.25, 0.3) is 0 Å². The summed E-state index contributed by atoms with van der Waals surface area (Å²) in [6.07, 6.45) is 9.44. The second-order valence-electron chi connectivity index (χ2n) is 11.7. The fourth-order valence-electron chi connectivity index (χ4n) is 7.57. The predicted molar refractivity (Wildman–Crippen MR) is 136 cm³/mol. The van der Waals surface area contributed by atoms with Gasteiger partial charge in [-0.1, -0.05) is 66.6 Å². The van der Waals surface area contributed by atoms with Crippen LogP contribution in [0.15, 0.2) is 66.3 Å². The van der Waals surface area contributed by atoms with Crippen LogP contribution in [0.5, 0.6) is 0 Å². The third kappa shape index (κ3) is 3.08. The Balaban J connectivity index is 1.63. The Labute approximate surface area is 209 Å². The Kier molecular flexibility index (Phi) is 5.75. The number of esters is 1. The summed E-state index contributed by atoms with van der Waals surface area (Å²) >= 11 is 0. The van der Waals surface area contributed by atoms with Crippen molar-refractivity contribution in [1.82, 2.24) is 0 Å². The molecule has 5 rings (SSSR count). The van der Waals surface area contributed by atoms with E-state index < -0.39 is 22.6 Å². The van der Waals surface area contributed by atoms with Crippen LogP contribution in [0.2, 0.25) is 0 Å². The van der Waals surface area contributed by atoms with Crippen molar-refractivity contribution in [3.05, 3.63) is 71.8 Å². The number of ether oxygens (including phenoxy) is 2. The molecule has 4 heteroatoms. The van der Waals surface area contributed by atoms with Gasteiger partial charge in [0.15, 0.2) is 5.78 Å². The molecule has 2 saturated heterocycles. The SMILES string of the molecule is C=C[C@@]1(C)COC(=O)[C@]12O[C@]1(c3ccccc3)[C@H](C2=O)[C@@H]2[C@H]([C@@H](C)CCC=C(C)C)CC=C(C)[C@@H]21. The van der Waals surface area contributed by atoms with E-state index in [0.717, 1.165) is 24.8 Å². The molecule has 186 valence electrons. The van der Waals surface area contributed by atoms with E-state index in [2.05, 4.69) is 58.6 Å². The molecule has 4 aliphatic rings. The van der Waals surface area contributed by atoms with Gasteiger partial charge in [-0.3, -0.25) is 4.79 Å². The summed E-state index contributed by atoms with van der Waals surface area (Å²) in [5.41, 5.74) is 0.197. The van der Waals surface area contributed by atoms with Gasteiger partial charge in [0.2, 0.25) is 5.60 Å². The van der Waals surface area contributed by atoms with Gasteiger partial charge < -0.3 is 9.47 Å². The lowest BCUT2D eigenvalue weighted by molar-refractivity contribution is -0.234. The fraction of sp³-hybridized carbons (Fsp3) is 0.548. The molecule has 4 nitrogen and oxygen atoms in total. The Hall–Kier alpha value is -2.46. The van der Waals surface area contributed by atoms with Gasteiger partial charge in [0, 0.05) is 5.92 Å². The van der Waals surface area contributed by atoms with Crippen molar-refractivity contribution in [2.24, 2.45) is 35.0 Å². The molecule has 0 unspecified atom stereocenters. The number of carbonyl (C=O) groups excluding carboxylic acids is 2. The normalized spacial score (nSPS) is 40.3. The molecule has 1 spiro atoms. The van der Waals surface area contributed by atoms with E-state index in [1.807, 2.05) is 25.1 Å². The van der Waals surface area contributed by atoms with Gasteiger partial charge in [-0.05, 0) is 70.3 Å². The number of hydrogen-bond donors (Lipinski definition) is 0. The molecule has 2 aliphatic heterocycles. The molecule has 3 fully saturated rings. The lowest BCUT2D eigenvalue weighted by Crippen LogP contribution is -2.64. The number of rotatable bonds is 6. The van der Waals surface area contributed by atoms with Crippen LogP contribution in [0.3, 0.4) is 0 Å². The van der Waals surface area contributed by atoms with E-state index in [0.29, 0.717) is 11.8 Å². The van der Waals surface area contributed by atoms with Crippen LogP contribution in [0.4, 0.5) is 0 Å². The molecular weight excluding hydrogens is 436 g/mol. The molecule has 0 bridgehead atoms. The van der Waals surface area contributed by atoms with Crippen LogP contribution in [0.1, 0.15) is 59.4 Å². The molecule has 1 aromatic rings. The van der Waals surface area contributed by atoms with Gasteiger partial charge in [-0.25, -0.2) is 4.79 Å². The van der Waals surface area contributed by atoms with Crippen LogP contribution < -0.4 is 0 Å². The van der Waals surface area contributed by atoms with Crippen molar-refractivity contribution in [1.29, 1.82) is 0 Å². The minimum Gasteiger partial charge on any atom is -0.462 e. The van der Waals surface area contributed by atoms with Crippen molar-refractivity contribution < 1.29 is 19.1 Å². The number of benzene rings is 1. The highest BCUT2D eigenvalue weighted by atomic mass is 16.6. The summed E-state index contributed by atoms with van der Waals surface area (Å²) in [5.74, 6) is -0.00100. The van der Waals surface area contributed by atoms with Crippen molar-refractivity contribution in [3.63, 3.8) is 0 Å². The average molecular weight is 475 g/mol. The first-order valence-corrected chi connectivity index (χ1v) is 13.0. The van der Waals surface area contributed by atoms with Crippen LogP contribution in [0.25, 0.3) is 0 Å². The quantitative estimate of drug-likeness (QED) is 0.281. The van der Waals surface area contributed by atoms with E-state index in [4.69, 9.17) is 9.47 Å². The molecule has 0 N–H and O–H groups in total. The Morgan fingerprint density at radius 2 is 1.91 bits per heavy atom. The molecule has 2 aliphatic carbocycles. The van der Waals surface area contributed by atoms with Crippen molar-refractivity contribution in [2.45, 2.75) is 65.1 Å². The molecule has 2 heterocycles. The lowest BCUT2D eigenvalue weighted by Gasteiger charge is -2.62. The lowest BCUT2D eigenvalue weighted by atomic mass is 9.42. The van der Waals surface area contributed by atoms with Gasteiger partial charge in [0.1, 0.15) is 12.2 Å². The summed E-state index contributed by atoms with van der Waals surface area (Å²) in [5, 5.41) is 0. The third-order valence-corrected chi connectivity index (χ3v) is 9.52. The van der Waals surface area contributed by atoms with Gasteiger partial charge in [-0.2, -0.15) is 0 Å². The monoisotopic (exact) mass is 474 g/mol. The molecular formula is C31H38O4. The highest BCUT2D eigenvalue weighted by Gasteiger charge is 2.83. The van der Waals surface area contributed by atoms with E-state index in [1.54, 1.807) is 6.08 Å². The van der Waals surface area contributed by atoms with Crippen molar-refractivity contribution in [3.8, 4) is 0 Å². The van der Waals surface area contributed by atoms with E-state index >= 15 is 0 Å². The highest BCUT2D eigenvalue weighted by molar-refractivity contribution is 6.13. The Bertz CT molecular complexity index is 1110. The smallest absolute Gasteiger partial charge is 0.347 e. The second-order valence-corrected chi connectivity index (χ2v) is 11.7. The zero-order chi connectivity index (χ0) is 25.2. The summed E-state index contributed by atoms with van der Waals surface area (Å²) in [7, 11) is 0. The molecule has 0 radical (unpaired) electrons. The molecule has 0 aromatic heterocycles. The Morgan fingerprint density at radius 3 is 2.57 bits per heavy atom. The minimum absolute atomic E-state index is 0.0605. The van der Waals surface area contributed by atoms with E-state index in [9.17, 15) is 9.59 Å². The Morgan fingerprint density at radius 1 is 1.20 bits per heavy atom. The topological polar surface area (TPSA) is 52.6 Å². The maximum absolute atomic E-state index is 14.5. The van der Waals surface area contributed by atoms with E-state index in [-0.39, 0.29) is 30.1 Å². The third-order valence-electron chi connectivity index (χ3n) is 9.52. The molecule has 1 saturated carbocycles. The van der Waals surface area contributed by atoms with Crippen molar-refractivity contribution >= 4 is 11.8 Å². The largest absolute Gasteiger partial charge is 0.462 e. The van der Waals surface area contributed by atoms with E-state index in [1.165, 1.54) is 11.1 Å². The summed E-state index contributed by atoms with van der Waals surface area (Å²) in [4.78, 5) is 27.8. The van der Waals surface area contributed by atoms with Crippen LogP contribution >= 0.6 is 0 Å². The zero-order valence-corrected chi connectivity index (χ0v) is 21.7. The second kappa shape index (κ2) is 8.30. The number of fused-ring (bicyclic) bond motifs is 4. The maximum Gasteiger partial charge on any atom is 0.347 e. The number of allylic oxidation sites excluding steroid dienone is 3. The molecule has 35 heavy (non-hydrogen) atoms. The van der Waals surface area contributed by atoms with Gasteiger partial charge in [-0.15, -0.1) is 6.58 Å².